The highest BCUT2D eigenvalue weighted by Gasteiger charge is 2.34. The molecule has 2 fully saturated rings. The average molecular weight is 586 g/mol. The molecule has 2 aliphatic rings. The van der Waals surface area contributed by atoms with Crippen LogP contribution in [0, 0.1) is 23.7 Å². The second-order valence-corrected chi connectivity index (χ2v) is 12.4. The highest BCUT2D eigenvalue weighted by molar-refractivity contribution is 6.15. The third kappa shape index (κ3) is 7.02. The third-order valence-electron chi connectivity index (χ3n) is 9.21. The fourth-order valence-corrected chi connectivity index (χ4v) is 7.05. The van der Waals surface area contributed by atoms with Crippen molar-refractivity contribution in [1.29, 1.82) is 0 Å². The van der Waals surface area contributed by atoms with Crippen molar-refractivity contribution in [3.8, 4) is 0 Å². The quantitative estimate of drug-likeness (QED) is 0.255. The molecule has 8 nitrogen and oxygen atoms in total. The van der Waals surface area contributed by atoms with Gasteiger partial charge in [0.25, 0.3) is 5.91 Å². The lowest BCUT2D eigenvalue weighted by molar-refractivity contribution is -0.142. The zero-order valence-corrected chi connectivity index (χ0v) is 25.3. The summed E-state index contributed by atoms with van der Waals surface area (Å²) in [6, 6.07) is 18.9. The summed E-state index contributed by atoms with van der Waals surface area (Å²) >= 11 is 0. The van der Waals surface area contributed by atoms with Gasteiger partial charge in [0.1, 0.15) is 6.61 Å². The molecule has 0 bridgehead atoms. The van der Waals surface area contributed by atoms with E-state index in [0.29, 0.717) is 60.6 Å². The Balaban J connectivity index is 1.39. The molecule has 3 N–H and O–H groups in total. The average Bonchev–Trinajstić information content (AvgIpc) is 3.00. The summed E-state index contributed by atoms with van der Waals surface area (Å²) in [6.45, 7) is 7.72. The zero-order chi connectivity index (χ0) is 30.5. The Labute approximate surface area is 253 Å². The lowest BCUT2D eigenvalue weighted by Gasteiger charge is -2.38. The van der Waals surface area contributed by atoms with Crippen LogP contribution in [0.3, 0.4) is 0 Å². The molecule has 3 aromatic rings. The van der Waals surface area contributed by atoms with E-state index in [1.165, 1.54) is 6.42 Å². The van der Waals surface area contributed by atoms with Crippen LogP contribution < -0.4 is 15.5 Å². The van der Waals surface area contributed by atoms with Gasteiger partial charge in [-0.2, -0.15) is 0 Å². The Morgan fingerprint density at radius 1 is 0.930 bits per heavy atom. The standard InChI is InChI=1S/C35H43N3O5/c1-22(2)32-23(3)9-6-16-30(32)43-21-31(39)36-28-14-8-15-29(38-19-17-25(18-20-38)35(41)42)33(28)37-34(40)27-13-7-11-24-10-4-5-12-26(24)27/h4-5,7-8,10-15,22-23,25,30,32H,6,9,16-21H2,1-3H3,(H,36,39)(H,37,40)(H,41,42)/t23-,30?,32?/m1/s1. The van der Waals surface area contributed by atoms with Crippen LogP contribution in [0.25, 0.3) is 10.8 Å². The number of hydrogen-bond donors (Lipinski definition) is 3. The molecule has 1 saturated carbocycles. The first-order valence-electron chi connectivity index (χ1n) is 15.5. The molecule has 1 aliphatic carbocycles. The number of nitrogens with one attached hydrogen (secondary N) is 2. The smallest absolute Gasteiger partial charge is 0.306 e. The normalized spacial score (nSPS) is 21.1. The highest BCUT2D eigenvalue weighted by atomic mass is 16.5. The first-order valence-corrected chi connectivity index (χ1v) is 15.5. The van der Waals surface area contributed by atoms with Crippen LogP contribution >= 0.6 is 0 Å². The van der Waals surface area contributed by atoms with Gasteiger partial charge in [0.2, 0.25) is 5.91 Å². The van der Waals surface area contributed by atoms with Crippen molar-refractivity contribution in [2.24, 2.45) is 23.7 Å². The monoisotopic (exact) mass is 585 g/mol. The van der Waals surface area contributed by atoms with Crippen molar-refractivity contribution >= 4 is 45.6 Å². The van der Waals surface area contributed by atoms with E-state index in [4.69, 9.17) is 4.74 Å². The second kappa shape index (κ2) is 13.6. The van der Waals surface area contributed by atoms with Crippen molar-refractivity contribution in [3.05, 3.63) is 66.2 Å². The Hall–Kier alpha value is -3.91. The summed E-state index contributed by atoms with van der Waals surface area (Å²) < 4.78 is 6.22. The van der Waals surface area contributed by atoms with E-state index in [0.717, 1.165) is 29.3 Å². The molecular weight excluding hydrogens is 542 g/mol. The maximum absolute atomic E-state index is 13.8. The summed E-state index contributed by atoms with van der Waals surface area (Å²) in [5, 5.41) is 17.4. The molecular formula is C35H43N3O5. The van der Waals surface area contributed by atoms with Gasteiger partial charge in [-0.05, 0) is 66.0 Å². The van der Waals surface area contributed by atoms with Gasteiger partial charge in [-0.15, -0.1) is 0 Å². The molecule has 1 saturated heterocycles. The van der Waals surface area contributed by atoms with Crippen molar-refractivity contribution in [1.82, 2.24) is 0 Å². The number of carbonyl (C=O) groups is 3. The molecule has 2 unspecified atom stereocenters. The predicted molar refractivity (Wildman–Crippen MR) is 171 cm³/mol. The van der Waals surface area contributed by atoms with Gasteiger partial charge in [-0.25, -0.2) is 0 Å². The fourth-order valence-electron chi connectivity index (χ4n) is 7.05. The number of carboxylic acid groups (broad SMARTS) is 1. The molecule has 3 atom stereocenters. The lowest BCUT2D eigenvalue weighted by Crippen LogP contribution is -2.38. The van der Waals surface area contributed by atoms with Crippen molar-refractivity contribution in [2.45, 2.75) is 59.0 Å². The number of carboxylic acids is 1. The van der Waals surface area contributed by atoms with Gasteiger partial charge in [0.15, 0.2) is 0 Å². The van der Waals surface area contributed by atoms with E-state index in [1.54, 1.807) is 12.1 Å². The van der Waals surface area contributed by atoms with E-state index >= 15 is 0 Å². The summed E-state index contributed by atoms with van der Waals surface area (Å²) in [5.41, 5.74) is 2.26. The number of piperidine rings is 1. The number of nitrogens with zero attached hydrogens (tertiary/aromatic N) is 1. The number of carbonyl (C=O) groups excluding carboxylic acids is 2. The number of hydrogen-bond acceptors (Lipinski definition) is 5. The maximum Gasteiger partial charge on any atom is 0.306 e. The lowest BCUT2D eigenvalue weighted by atomic mass is 9.72. The first kappa shape index (κ1) is 30.5. The number of para-hydroxylation sites is 1. The van der Waals surface area contributed by atoms with Gasteiger partial charge in [-0.1, -0.05) is 76.1 Å². The zero-order valence-electron chi connectivity index (χ0n) is 25.3. The number of amides is 2. The Morgan fingerprint density at radius 2 is 1.65 bits per heavy atom. The van der Waals surface area contributed by atoms with Crippen LogP contribution in [0.5, 0.6) is 0 Å². The highest BCUT2D eigenvalue weighted by Crippen LogP contribution is 2.38. The minimum absolute atomic E-state index is 0.0434. The number of rotatable bonds is 9. The number of anilines is 3. The molecule has 8 heteroatoms. The van der Waals surface area contributed by atoms with Crippen LogP contribution in [0.2, 0.25) is 0 Å². The number of aliphatic carboxylic acids is 1. The fraction of sp³-hybridized carbons (Fsp3) is 0.457. The number of benzene rings is 3. The topological polar surface area (TPSA) is 108 Å². The van der Waals surface area contributed by atoms with E-state index in [-0.39, 0.29) is 30.4 Å². The van der Waals surface area contributed by atoms with E-state index in [9.17, 15) is 19.5 Å². The van der Waals surface area contributed by atoms with Crippen LogP contribution in [-0.4, -0.2) is 48.7 Å². The molecule has 0 spiro atoms. The summed E-state index contributed by atoms with van der Waals surface area (Å²) in [4.78, 5) is 40.7. The molecule has 43 heavy (non-hydrogen) atoms. The Bertz CT molecular complexity index is 1460. The van der Waals surface area contributed by atoms with Gasteiger partial charge in [-0.3, -0.25) is 14.4 Å². The molecule has 1 heterocycles. The van der Waals surface area contributed by atoms with E-state index in [2.05, 4.69) is 36.3 Å². The molecule has 1 aliphatic heterocycles. The summed E-state index contributed by atoms with van der Waals surface area (Å²) in [6.07, 6.45) is 4.30. The molecule has 0 aromatic heterocycles. The SMILES string of the molecule is CC(C)C1C(OCC(=O)Nc2cccc(N3CCC(C(=O)O)CC3)c2NC(=O)c2cccc3ccccc23)CCC[C@H]1C. The largest absolute Gasteiger partial charge is 0.481 e. The maximum atomic E-state index is 13.8. The predicted octanol–water partition coefficient (Wildman–Crippen LogP) is 6.81. The van der Waals surface area contributed by atoms with Crippen molar-refractivity contribution in [2.75, 3.05) is 35.2 Å². The minimum Gasteiger partial charge on any atom is -0.481 e. The van der Waals surface area contributed by atoms with Crippen LogP contribution in [0.15, 0.2) is 60.7 Å². The van der Waals surface area contributed by atoms with Crippen LogP contribution in [0.4, 0.5) is 17.1 Å². The van der Waals surface area contributed by atoms with Gasteiger partial charge >= 0.3 is 5.97 Å². The Kier molecular flexibility index (Phi) is 9.65. The summed E-state index contributed by atoms with van der Waals surface area (Å²) in [7, 11) is 0. The number of ether oxygens (including phenoxy) is 1. The van der Waals surface area contributed by atoms with Gasteiger partial charge < -0.3 is 25.4 Å². The van der Waals surface area contributed by atoms with Gasteiger partial charge in [0.05, 0.1) is 29.1 Å². The minimum atomic E-state index is -0.780. The molecule has 5 rings (SSSR count). The molecule has 0 radical (unpaired) electrons. The second-order valence-electron chi connectivity index (χ2n) is 12.4. The summed E-state index contributed by atoms with van der Waals surface area (Å²) in [5.74, 6) is -0.287. The van der Waals surface area contributed by atoms with Gasteiger partial charge in [0, 0.05) is 18.7 Å². The third-order valence-corrected chi connectivity index (χ3v) is 9.21. The van der Waals surface area contributed by atoms with E-state index in [1.807, 2.05) is 48.5 Å². The van der Waals surface area contributed by atoms with Crippen LogP contribution in [0.1, 0.15) is 63.2 Å². The van der Waals surface area contributed by atoms with Crippen molar-refractivity contribution in [3.63, 3.8) is 0 Å². The van der Waals surface area contributed by atoms with E-state index < -0.39 is 5.97 Å². The van der Waals surface area contributed by atoms with Crippen molar-refractivity contribution < 1.29 is 24.2 Å². The molecule has 228 valence electrons. The van der Waals surface area contributed by atoms with Crippen LogP contribution in [-0.2, 0) is 14.3 Å². The first-order chi connectivity index (χ1) is 20.7. The molecule has 3 aromatic carbocycles. The Morgan fingerprint density at radius 3 is 2.40 bits per heavy atom. The molecule has 2 amide bonds. The number of fused-ring (bicyclic) bond motifs is 1.